The lowest BCUT2D eigenvalue weighted by Gasteiger charge is -2.19. The molecule has 30 heavy (non-hydrogen) atoms. The van der Waals surface area contributed by atoms with Crippen molar-refractivity contribution in [3.63, 3.8) is 0 Å². The number of fused-ring (bicyclic) bond motifs is 1. The maximum absolute atomic E-state index is 13.1. The average molecular weight is 433 g/mol. The minimum atomic E-state index is -0.0624. The van der Waals surface area contributed by atoms with Gasteiger partial charge in [-0.1, -0.05) is 37.7 Å². The van der Waals surface area contributed by atoms with E-state index >= 15 is 0 Å². The summed E-state index contributed by atoms with van der Waals surface area (Å²) in [5.74, 6) is 0.167. The molecule has 1 aromatic heterocycles. The molecule has 2 aromatic rings. The van der Waals surface area contributed by atoms with Crippen molar-refractivity contribution >= 4 is 28.6 Å². The molecule has 8 heteroatoms. The highest BCUT2D eigenvalue weighted by Crippen LogP contribution is 2.18. The fourth-order valence-electron chi connectivity index (χ4n) is 3.66. The highest BCUT2D eigenvalue weighted by Gasteiger charge is 2.17. The molecule has 1 amide bonds. The number of ether oxygens (including phenoxy) is 1. The van der Waals surface area contributed by atoms with E-state index in [-0.39, 0.29) is 23.3 Å². The van der Waals surface area contributed by atoms with Gasteiger partial charge in [-0.2, -0.15) is 0 Å². The third-order valence-electron chi connectivity index (χ3n) is 5.46. The number of rotatable bonds is 11. The van der Waals surface area contributed by atoms with E-state index < -0.39 is 0 Å². The van der Waals surface area contributed by atoms with E-state index in [9.17, 15) is 9.59 Å². The summed E-state index contributed by atoms with van der Waals surface area (Å²) in [4.78, 5) is 32.4. The van der Waals surface area contributed by atoms with Gasteiger partial charge >= 0.3 is 0 Å². The van der Waals surface area contributed by atoms with E-state index in [4.69, 9.17) is 9.72 Å². The Labute approximate surface area is 182 Å². The minimum absolute atomic E-state index is 0.0394. The molecule has 1 fully saturated rings. The van der Waals surface area contributed by atoms with Crippen LogP contribution in [0, 0.1) is 0 Å². The first-order chi connectivity index (χ1) is 14.6. The number of carbonyl (C=O) groups excluding carboxylic acids is 1. The zero-order valence-corrected chi connectivity index (χ0v) is 18.7. The summed E-state index contributed by atoms with van der Waals surface area (Å²) in [6.07, 6.45) is 3.03. The lowest BCUT2D eigenvalue weighted by molar-refractivity contribution is -0.119. The number of aromatic nitrogens is 2. The maximum atomic E-state index is 13.1. The van der Waals surface area contributed by atoms with Crippen molar-refractivity contribution in [2.45, 2.75) is 50.9 Å². The normalized spacial score (nSPS) is 16.4. The van der Waals surface area contributed by atoms with Gasteiger partial charge < -0.3 is 15.0 Å². The molecule has 1 aromatic carbocycles. The summed E-state index contributed by atoms with van der Waals surface area (Å²) in [7, 11) is 0. The number of hydrogen-bond donors (Lipinski definition) is 1. The van der Waals surface area contributed by atoms with Gasteiger partial charge in [-0.15, -0.1) is 0 Å². The molecule has 1 N–H and O–H groups in total. The smallest absolute Gasteiger partial charge is 0.262 e. The molecule has 164 valence electrons. The Morgan fingerprint density at radius 2 is 2.13 bits per heavy atom. The molecule has 0 spiro atoms. The Balaban J connectivity index is 1.69. The number of nitrogens with one attached hydrogen (secondary N) is 1. The molecule has 1 aliphatic rings. The standard InChI is InChI=1S/C22H32N4O3S/c1-3-25(4-2)12-8-13-26-21(28)18-10-5-6-11-19(18)24-22(26)30-16-20(27)23-15-17-9-7-14-29-17/h5-6,10-11,17H,3-4,7-9,12-16H2,1-2H3,(H,23,27)/t17-/m0/s1. The topological polar surface area (TPSA) is 76.5 Å². The van der Waals surface area contributed by atoms with Crippen molar-refractivity contribution in [1.29, 1.82) is 0 Å². The highest BCUT2D eigenvalue weighted by atomic mass is 32.2. The van der Waals surface area contributed by atoms with Gasteiger partial charge in [-0.25, -0.2) is 4.98 Å². The molecular weight excluding hydrogens is 400 g/mol. The zero-order valence-electron chi connectivity index (χ0n) is 17.9. The summed E-state index contributed by atoms with van der Waals surface area (Å²) in [6.45, 7) is 9.11. The monoisotopic (exact) mass is 432 g/mol. The van der Waals surface area contributed by atoms with Crippen LogP contribution in [0.4, 0.5) is 0 Å². The second-order valence-electron chi connectivity index (χ2n) is 7.48. The summed E-state index contributed by atoms with van der Waals surface area (Å²) in [5, 5.41) is 4.15. The summed E-state index contributed by atoms with van der Waals surface area (Å²) < 4.78 is 7.27. The van der Waals surface area contributed by atoms with Crippen LogP contribution in [0.25, 0.3) is 10.9 Å². The number of benzene rings is 1. The van der Waals surface area contributed by atoms with Crippen molar-refractivity contribution in [2.75, 3.05) is 38.5 Å². The van der Waals surface area contributed by atoms with Gasteiger partial charge in [0, 0.05) is 19.7 Å². The van der Waals surface area contributed by atoms with Gasteiger partial charge in [0.25, 0.3) is 5.56 Å². The molecule has 1 saturated heterocycles. The molecule has 0 saturated carbocycles. The Morgan fingerprint density at radius 1 is 1.33 bits per heavy atom. The van der Waals surface area contributed by atoms with E-state index in [1.807, 2.05) is 24.3 Å². The maximum Gasteiger partial charge on any atom is 0.262 e. The van der Waals surface area contributed by atoms with Crippen LogP contribution >= 0.6 is 11.8 Å². The van der Waals surface area contributed by atoms with Crippen LogP contribution in [0.5, 0.6) is 0 Å². The third-order valence-corrected chi connectivity index (χ3v) is 6.44. The average Bonchev–Trinajstić information content (AvgIpc) is 3.29. The molecule has 1 atom stereocenters. The van der Waals surface area contributed by atoms with E-state index in [0.29, 0.717) is 29.1 Å². The van der Waals surface area contributed by atoms with Gasteiger partial charge in [0.1, 0.15) is 0 Å². The van der Waals surface area contributed by atoms with Gasteiger partial charge in [-0.3, -0.25) is 14.2 Å². The SMILES string of the molecule is CCN(CC)CCCn1c(SCC(=O)NC[C@@H]2CCCO2)nc2ccccc2c1=O. The van der Waals surface area contributed by atoms with Gasteiger partial charge in [0.15, 0.2) is 5.16 Å². The van der Waals surface area contributed by atoms with Crippen molar-refractivity contribution in [3.8, 4) is 0 Å². The highest BCUT2D eigenvalue weighted by molar-refractivity contribution is 7.99. The zero-order chi connectivity index (χ0) is 21.3. The van der Waals surface area contributed by atoms with Crippen LogP contribution in [-0.4, -0.2) is 65.0 Å². The fourth-order valence-corrected chi connectivity index (χ4v) is 4.52. The van der Waals surface area contributed by atoms with Crippen LogP contribution in [-0.2, 0) is 16.1 Å². The van der Waals surface area contributed by atoms with E-state index in [1.165, 1.54) is 11.8 Å². The Bertz CT molecular complexity index is 892. The summed E-state index contributed by atoms with van der Waals surface area (Å²) in [6, 6.07) is 7.39. The third kappa shape index (κ3) is 6.06. The predicted molar refractivity (Wildman–Crippen MR) is 121 cm³/mol. The van der Waals surface area contributed by atoms with Crippen LogP contribution in [0.2, 0.25) is 0 Å². The molecule has 2 heterocycles. The Morgan fingerprint density at radius 3 is 2.87 bits per heavy atom. The first-order valence-corrected chi connectivity index (χ1v) is 11.8. The summed E-state index contributed by atoms with van der Waals surface area (Å²) in [5.41, 5.74) is 0.632. The van der Waals surface area contributed by atoms with Crippen molar-refractivity contribution < 1.29 is 9.53 Å². The minimum Gasteiger partial charge on any atom is -0.376 e. The van der Waals surface area contributed by atoms with Crippen LogP contribution in [0.3, 0.4) is 0 Å². The van der Waals surface area contributed by atoms with Crippen LogP contribution in [0.1, 0.15) is 33.1 Å². The molecule has 7 nitrogen and oxygen atoms in total. The molecule has 1 aliphatic heterocycles. The Kier molecular flexibility index (Phi) is 8.72. The van der Waals surface area contributed by atoms with Gasteiger partial charge in [-0.05, 0) is 51.0 Å². The van der Waals surface area contributed by atoms with Crippen molar-refractivity contribution in [3.05, 3.63) is 34.6 Å². The van der Waals surface area contributed by atoms with Gasteiger partial charge in [0.2, 0.25) is 5.91 Å². The second kappa shape index (κ2) is 11.5. The van der Waals surface area contributed by atoms with Crippen LogP contribution < -0.4 is 10.9 Å². The predicted octanol–water partition coefficient (Wildman–Crippen LogP) is 2.52. The molecule has 0 aliphatic carbocycles. The quantitative estimate of drug-likeness (QED) is 0.434. The van der Waals surface area contributed by atoms with Crippen molar-refractivity contribution in [1.82, 2.24) is 19.8 Å². The number of nitrogens with zero attached hydrogens (tertiary/aromatic N) is 3. The lowest BCUT2D eigenvalue weighted by atomic mass is 10.2. The number of thioether (sulfide) groups is 1. The fraction of sp³-hybridized carbons (Fsp3) is 0.591. The largest absolute Gasteiger partial charge is 0.376 e. The first-order valence-electron chi connectivity index (χ1n) is 10.8. The molecular formula is C22H32N4O3S. The lowest BCUT2D eigenvalue weighted by Crippen LogP contribution is -2.33. The summed E-state index contributed by atoms with van der Waals surface area (Å²) >= 11 is 1.32. The van der Waals surface area contributed by atoms with E-state index in [2.05, 4.69) is 24.1 Å². The number of carbonyl (C=O) groups is 1. The van der Waals surface area contributed by atoms with E-state index in [0.717, 1.165) is 45.5 Å². The van der Waals surface area contributed by atoms with Crippen molar-refractivity contribution in [2.24, 2.45) is 0 Å². The first kappa shape index (κ1) is 22.8. The molecule has 0 bridgehead atoms. The van der Waals surface area contributed by atoms with E-state index in [1.54, 1.807) is 4.57 Å². The molecule has 3 rings (SSSR count). The van der Waals surface area contributed by atoms with Crippen LogP contribution in [0.15, 0.2) is 34.2 Å². The van der Waals surface area contributed by atoms with Gasteiger partial charge in [0.05, 0.1) is 22.8 Å². The number of para-hydroxylation sites is 1. The Hall–Kier alpha value is -1.90. The number of hydrogen-bond acceptors (Lipinski definition) is 6. The number of amides is 1. The second-order valence-corrected chi connectivity index (χ2v) is 8.42. The molecule has 0 unspecified atom stereocenters. The molecule has 0 radical (unpaired) electrons.